The molecule has 254 valence electrons. The number of hydrogen-bond acceptors (Lipinski definition) is 7. The third-order valence-electron chi connectivity index (χ3n) is 10.2. The van der Waals surface area contributed by atoms with E-state index in [1.54, 1.807) is 22.2 Å². The lowest BCUT2D eigenvalue weighted by Gasteiger charge is -2.43. The van der Waals surface area contributed by atoms with Crippen molar-refractivity contribution in [3.8, 4) is 0 Å². The lowest BCUT2D eigenvalue weighted by Crippen LogP contribution is -2.58. The number of amides is 4. The fourth-order valence-electron chi connectivity index (χ4n) is 7.57. The Hall–Kier alpha value is -3.71. The molecule has 0 aliphatic carbocycles. The van der Waals surface area contributed by atoms with Crippen LogP contribution in [0.1, 0.15) is 78.1 Å². The number of anilines is 1. The molecule has 0 radical (unpaired) electrons. The number of benzene rings is 1. The van der Waals surface area contributed by atoms with E-state index in [-0.39, 0.29) is 46.0 Å². The minimum Gasteiger partial charge on any atom is -0.340 e. The number of hydrogen-bond donors (Lipinski definition) is 3. The van der Waals surface area contributed by atoms with Crippen molar-refractivity contribution in [3.05, 3.63) is 58.7 Å². The van der Waals surface area contributed by atoms with E-state index in [4.69, 9.17) is 0 Å². The lowest BCUT2D eigenvalue weighted by molar-refractivity contribution is -0.148. The number of rotatable bonds is 7. The van der Waals surface area contributed by atoms with E-state index in [1.807, 2.05) is 17.9 Å². The summed E-state index contributed by atoms with van der Waals surface area (Å²) in [4.78, 5) is 82.2. The number of fused-ring (bicyclic) bond motifs is 2. The Balaban J connectivity index is 1.02. The zero-order chi connectivity index (χ0) is 33.9. The molecule has 1 unspecified atom stereocenters. The van der Waals surface area contributed by atoms with E-state index < -0.39 is 31.5 Å². The zero-order valence-corrected chi connectivity index (χ0v) is 28.0. The van der Waals surface area contributed by atoms with Crippen molar-refractivity contribution in [1.29, 1.82) is 0 Å². The van der Waals surface area contributed by atoms with Crippen LogP contribution >= 0.6 is 18.9 Å². The fraction of sp³-hybridized carbons (Fsp3) is 0.485. The van der Waals surface area contributed by atoms with Gasteiger partial charge in [0, 0.05) is 60.2 Å². The molecule has 0 bridgehead atoms. The summed E-state index contributed by atoms with van der Waals surface area (Å²) in [6, 6.07) is 5.99. The molecule has 0 saturated carbocycles. The third kappa shape index (κ3) is 5.93. The number of thiophene rings is 1. The first-order valence-electron chi connectivity index (χ1n) is 16.3. The van der Waals surface area contributed by atoms with Crippen LogP contribution in [0.25, 0.3) is 10.1 Å². The Morgan fingerprint density at radius 3 is 2.58 bits per heavy atom. The highest BCUT2D eigenvalue weighted by Gasteiger charge is 2.48. The van der Waals surface area contributed by atoms with Crippen molar-refractivity contribution >= 4 is 58.3 Å². The van der Waals surface area contributed by atoms with Crippen molar-refractivity contribution in [2.45, 2.75) is 75.4 Å². The third-order valence-corrected chi connectivity index (χ3v) is 12.2. The van der Waals surface area contributed by atoms with E-state index in [9.17, 15) is 37.9 Å². The Labute approximate surface area is 280 Å². The van der Waals surface area contributed by atoms with Crippen LogP contribution < -0.4 is 10.2 Å². The van der Waals surface area contributed by atoms with Gasteiger partial charge >= 0.3 is 7.60 Å². The summed E-state index contributed by atoms with van der Waals surface area (Å²) in [7, 11) is -4.99. The summed E-state index contributed by atoms with van der Waals surface area (Å²) < 4.78 is 26.3. The summed E-state index contributed by atoms with van der Waals surface area (Å²) in [5.41, 5.74) is 1.62. The molecule has 3 N–H and O–H groups in total. The Bertz CT molecular complexity index is 1840. The molecule has 0 spiro atoms. The van der Waals surface area contributed by atoms with Crippen LogP contribution in [0.2, 0.25) is 0 Å². The zero-order valence-electron chi connectivity index (χ0n) is 26.3. The lowest BCUT2D eigenvalue weighted by atomic mass is 9.90. The van der Waals surface area contributed by atoms with E-state index in [1.165, 1.54) is 24.3 Å². The summed E-state index contributed by atoms with van der Waals surface area (Å²) in [5, 5.41) is 3.32. The smallest absolute Gasteiger partial charge is 0.340 e. The summed E-state index contributed by atoms with van der Waals surface area (Å²) in [6.45, 7) is 3.55. The molecule has 4 aliphatic heterocycles. The Morgan fingerprint density at radius 1 is 1.06 bits per heavy atom. The van der Waals surface area contributed by atoms with Crippen molar-refractivity contribution in [1.82, 2.24) is 20.1 Å². The second-order valence-electron chi connectivity index (χ2n) is 13.3. The Morgan fingerprint density at radius 2 is 1.85 bits per heavy atom. The number of nitrogens with zero attached hydrogens (tertiary/aromatic N) is 4. The second kappa shape index (κ2) is 12.6. The van der Waals surface area contributed by atoms with E-state index in [2.05, 4.69) is 10.3 Å². The molecular weight excluding hydrogens is 660 g/mol. The molecule has 15 heteroatoms. The average molecular weight is 698 g/mol. The number of likely N-dealkylation sites (tertiary alicyclic amines) is 1. The summed E-state index contributed by atoms with van der Waals surface area (Å²) >= 11 is 1.13. The topological polar surface area (TPSA) is 160 Å². The first-order chi connectivity index (χ1) is 22.9. The van der Waals surface area contributed by atoms with Crippen LogP contribution in [0.4, 0.5) is 10.1 Å². The van der Waals surface area contributed by atoms with Crippen molar-refractivity contribution < 1.29 is 37.9 Å². The highest BCUT2D eigenvalue weighted by molar-refractivity contribution is 7.51. The SMILES string of the molecule is CC1CCN(c2ccncc2C2CN(C(=O)[C@@H]3CC[C@@H]4CCC[C@H](NC(=O)c5cc6cc([C@@H](F)P(=O)(O)O)ccc6s5)C(=O)N43)C2)C1=O. The van der Waals surface area contributed by atoms with E-state index >= 15 is 0 Å². The maximum absolute atomic E-state index is 14.3. The number of alkyl halides is 1. The number of carbonyl (C=O) groups is 4. The number of carbonyl (C=O) groups excluding carboxylic acids is 4. The van der Waals surface area contributed by atoms with Gasteiger partial charge in [0.25, 0.3) is 5.91 Å². The van der Waals surface area contributed by atoms with Crippen LogP contribution in [0.5, 0.6) is 0 Å². The van der Waals surface area contributed by atoms with Crippen molar-refractivity contribution in [3.63, 3.8) is 0 Å². The van der Waals surface area contributed by atoms with E-state index in [0.29, 0.717) is 55.4 Å². The first kappa shape index (κ1) is 32.8. The predicted molar refractivity (Wildman–Crippen MR) is 176 cm³/mol. The first-order valence-corrected chi connectivity index (χ1v) is 18.8. The van der Waals surface area contributed by atoms with Gasteiger partial charge in [0.05, 0.1) is 10.6 Å². The summed E-state index contributed by atoms with van der Waals surface area (Å²) in [6.07, 6.45) is 7.41. The molecule has 4 fully saturated rings. The number of nitrogens with one attached hydrogen (secondary N) is 1. The number of aromatic nitrogens is 1. The predicted octanol–water partition coefficient (Wildman–Crippen LogP) is 4.08. The van der Waals surface area contributed by atoms with Gasteiger partial charge in [-0.3, -0.25) is 28.7 Å². The van der Waals surface area contributed by atoms with Gasteiger partial charge in [0.2, 0.25) is 23.6 Å². The molecule has 3 aromatic rings. The maximum atomic E-state index is 14.3. The Kier molecular flexibility index (Phi) is 8.64. The quantitative estimate of drug-likeness (QED) is 0.312. The fourth-order valence-corrected chi connectivity index (χ4v) is 9.07. The number of halogens is 1. The van der Waals surface area contributed by atoms with Crippen LogP contribution in [0, 0.1) is 5.92 Å². The van der Waals surface area contributed by atoms with Crippen LogP contribution in [0.15, 0.2) is 42.7 Å². The molecule has 6 heterocycles. The second-order valence-corrected chi connectivity index (χ2v) is 16.1. The minimum absolute atomic E-state index is 0.0212. The molecule has 4 saturated heterocycles. The molecule has 12 nitrogen and oxygen atoms in total. The van der Waals surface area contributed by atoms with Crippen molar-refractivity contribution in [2.75, 3.05) is 24.5 Å². The molecule has 1 aromatic carbocycles. The highest BCUT2D eigenvalue weighted by atomic mass is 32.1. The van der Waals surface area contributed by atoms with Crippen LogP contribution in [-0.4, -0.2) is 86.0 Å². The van der Waals surface area contributed by atoms with Gasteiger partial charge in [-0.25, -0.2) is 4.39 Å². The van der Waals surface area contributed by atoms with Crippen LogP contribution in [-0.2, 0) is 18.9 Å². The largest absolute Gasteiger partial charge is 0.363 e. The average Bonchev–Trinajstić information content (AvgIpc) is 3.73. The molecule has 4 aliphatic rings. The molecule has 7 rings (SSSR count). The van der Waals surface area contributed by atoms with Gasteiger partial charge in [-0.05, 0) is 73.7 Å². The van der Waals surface area contributed by atoms with Gasteiger partial charge in [0.15, 0.2) is 0 Å². The summed E-state index contributed by atoms with van der Waals surface area (Å²) in [5.74, 6) is -3.21. The molecule has 48 heavy (non-hydrogen) atoms. The van der Waals surface area contributed by atoms with E-state index in [0.717, 1.165) is 35.4 Å². The maximum Gasteiger partial charge on any atom is 0.363 e. The standard InChI is InChI=1S/C33H37FN5O7PS/c1-18-10-12-38(31(18)41)25-9-11-35-15-23(25)21-16-37(17-21)33(43)26-7-6-22-3-2-4-24(32(42)39(22)26)36-30(40)28-14-20-13-19(5-8-27(20)48-28)29(34)47(44,45)46/h5,8-9,11,13-15,18,21-22,24,26,29H,2-4,6-7,10,12,16-17H2,1H3,(H,36,40)(H2,44,45,46)/t18?,22-,24-,26-,29-/m0/s1. The van der Waals surface area contributed by atoms with Gasteiger partial charge < -0.3 is 29.8 Å². The van der Waals surface area contributed by atoms with Gasteiger partial charge in [-0.2, -0.15) is 0 Å². The number of pyridine rings is 1. The van der Waals surface area contributed by atoms with Gasteiger partial charge in [0.1, 0.15) is 12.1 Å². The monoisotopic (exact) mass is 697 g/mol. The molecule has 5 atom stereocenters. The normalized spacial score (nSPS) is 25.6. The van der Waals surface area contributed by atoms with Crippen molar-refractivity contribution in [2.24, 2.45) is 5.92 Å². The molecule has 2 aromatic heterocycles. The molecular formula is C33H37FN5O7PS. The van der Waals surface area contributed by atoms with Gasteiger partial charge in [-0.1, -0.05) is 13.0 Å². The minimum atomic E-state index is -4.99. The van der Waals surface area contributed by atoms with Crippen LogP contribution in [0.3, 0.4) is 0 Å². The highest BCUT2D eigenvalue weighted by Crippen LogP contribution is 2.53. The molecule has 4 amide bonds. The van der Waals surface area contributed by atoms with Gasteiger partial charge in [-0.15, -0.1) is 11.3 Å².